The maximum Gasteiger partial charge on any atom is 0.0667 e. The van der Waals surface area contributed by atoms with Crippen LogP contribution in [0.1, 0.15) is 26.2 Å². The van der Waals surface area contributed by atoms with Gasteiger partial charge in [-0.1, -0.05) is 0 Å². The zero-order valence-electron chi connectivity index (χ0n) is 10.0. The van der Waals surface area contributed by atoms with Crippen molar-refractivity contribution in [1.29, 1.82) is 0 Å². The highest BCUT2D eigenvalue weighted by Crippen LogP contribution is 2.58. The summed E-state index contributed by atoms with van der Waals surface area (Å²) in [6, 6.07) is 0. The Hall–Kier alpha value is -0.120. The van der Waals surface area contributed by atoms with Crippen LogP contribution in [0, 0.1) is 11.3 Å². The lowest BCUT2D eigenvalue weighted by molar-refractivity contribution is 0.116. The fourth-order valence-electron chi connectivity index (χ4n) is 2.80. The predicted octanol–water partition coefficient (Wildman–Crippen LogP) is 1.00. The topological polar surface area (TPSA) is 33.3 Å². The SMILES string of the molecule is COC(C)CNCC1CC12CCNCC2. The lowest BCUT2D eigenvalue weighted by atomic mass is 9.92. The molecule has 1 spiro atoms. The van der Waals surface area contributed by atoms with Crippen LogP contribution in [0.3, 0.4) is 0 Å². The zero-order chi connectivity index (χ0) is 10.7. The van der Waals surface area contributed by atoms with Crippen LogP contribution in [0.15, 0.2) is 0 Å². The number of hydrogen-bond acceptors (Lipinski definition) is 3. The number of piperidine rings is 1. The summed E-state index contributed by atoms with van der Waals surface area (Å²) in [6.45, 7) is 6.74. The van der Waals surface area contributed by atoms with Gasteiger partial charge in [-0.25, -0.2) is 0 Å². The standard InChI is InChI=1S/C12H24N2O/c1-10(15-2)8-14-9-11-7-12(11)3-5-13-6-4-12/h10-11,13-14H,3-9H2,1-2H3. The van der Waals surface area contributed by atoms with Crippen LogP contribution in [0.4, 0.5) is 0 Å². The smallest absolute Gasteiger partial charge is 0.0667 e. The van der Waals surface area contributed by atoms with Gasteiger partial charge in [-0.2, -0.15) is 0 Å². The largest absolute Gasteiger partial charge is 0.380 e. The summed E-state index contributed by atoms with van der Waals surface area (Å²) in [5.74, 6) is 0.934. The Morgan fingerprint density at radius 1 is 1.47 bits per heavy atom. The van der Waals surface area contributed by atoms with E-state index in [2.05, 4.69) is 17.6 Å². The molecular weight excluding hydrogens is 188 g/mol. The van der Waals surface area contributed by atoms with Crippen molar-refractivity contribution in [3.8, 4) is 0 Å². The Labute approximate surface area is 93.0 Å². The van der Waals surface area contributed by atoms with Crippen molar-refractivity contribution in [2.24, 2.45) is 11.3 Å². The molecule has 0 aromatic heterocycles. The summed E-state index contributed by atoms with van der Waals surface area (Å²) >= 11 is 0. The first-order valence-electron chi connectivity index (χ1n) is 6.21. The molecule has 2 atom stereocenters. The first kappa shape index (κ1) is 11.4. The molecule has 2 rings (SSSR count). The van der Waals surface area contributed by atoms with E-state index in [1.54, 1.807) is 7.11 Å². The fourth-order valence-corrected chi connectivity index (χ4v) is 2.80. The van der Waals surface area contributed by atoms with Gasteiger partial charge in [-0.15, -0.1) is 0 Å². The molecule has 2 N–H and O–H groups in total. The van der Waals surface area contributed by atoms with Crippen molar-refractivity contribution in [3.05, 3.63) is 0 Å². The van der Waals surface area contributed by atoms with Crippen LogP contribution >= 0.6 is 0 Å². The van der Waals surface area contributed by atoms with E-state index in [1.165, 1.54) is 38.9 Å². The maximum absolute atomic E-state index is 5.22. The van der Waals surface area contributed by atoms with Crippen LogP contribution in [0.2, 0.25) is 0 Å². The Morgan fingerprint density at radius 2 is 2.20 bits per heavy atom. The van der Waals surface area contributed by atoms with Gasteiger partial charge in [0.2, 0.25) is 0 Å². The van der Waals surface area contributed by atoms with Gasteiger partial charge in [-0.05, 0) is 57.2 Å². The molecule has 2 unspecified atom stereocenters. The third-order valence-electron chi connectivity index (χ3n) is 4.18. The molecule has 1 aliphatic heterocycles. The van der Waals surface area contributed by atoms with Crippen molar-refractivity contribution in [2.75, 3.05) is 33.3 Å². The molecule has 2 fully saturated rings. The molecule has 0 amide bonds. The summed E-state index contributed by atoms with van der Waals surface area (Å²) in [4.78, 5) is 0. The van der Waals surface area contributed by atoms with E-state index in [0.717, 1.165) is 12.5 Å². The molecule has 2 aliphatic rings. The molecule has 15 heavy (non-hydrogen) atoms. The minimum atomic E-state index is 0.340. The molecule has 1 saturated heterocycles. The lowest BCUT2D eigenvalue weighted by Crippen LogP contribution is -2.33. The van der Waals surface area contributed by atoms with Gasteiger partial charge in [0.25, 0.3) is 0 Å². The third kappa shape index (κ3) is 2.71. The second kappa shape index (κ2) is 4.81. The Bertz CT molecular complexity index is 202. The number of rotatable bonds is 5. The summed E-state index contributed by atoms with van der Waals surface area (Å²) in [6.07, 6.45) is 4.56. The van der Waals surface area contributed by atoms with Crippen molar-refractivity contribution in [3.63, 3.8) is 0 Å². The number of methoxy groups -OCH3 is 1. The maximum atomic E-state index is 5.22. The number of hydrogen-bond donors (Lipinski definition) is 2. The monoisotopic (exact) mass is 212 g/mol. The molecule has 88 valence electrons. The van der Waals surface area contributed by atoms with Crippen molar-refractivity contribution >= 4 is 0 Å². The minimum Gasteiger partial charge on any atom is -0.380 e. The third-order valence-corrected chi connectivity index (χ3v) is 4.18. The highest BCUT2D eigenvalue weighted by molar-refractivity contribution is 5.04. The van der Waals surface area contributed by atoms with Crippen molar-refractivity contribution < 1.29 is 4.74 Å². The van der Waals surface area contributed by atoms with Gasteiger partial charge >= 0.3 is 0 Å². The van der Waals surface area contributed by atoms with E-state index in [-0.39, 0.29) is 0 Å². The molecule has 1 saturated carbocycles. The first-order chi connectivity index (χ1) is 7.27. The minimum absolute atomic E-state index is 0.340. The molecule has 1 aliphatic carbocycles. The number of ether oxygens (including phenoxy) is 1. The van der Waals surface area contributed by atoms with E-state index >= 15 is 0 Å². The average Bonchev–Trinajstić information content (AvgIpc) is 2.92. The highest BCUT2D eigenvalue weighted by atomic mass is 16.5. The van der Waals surface area contributed by atoms with Crippen molar-refractivity contribution in [1.82, 2.24) is 10.6 Å². The number of nitrogens with one attached hydrogen (secondary N) is 2. The zero-order valence-corrected chi connectivity index (χ0v) is 10.0. The van der Waals surface area contributed by atoms with E-state index in [4.69, 9.17) is 4.74 Å². The molecule has 1 heterocycles. The van der Waals surface area contributed by atoms with E-state index in [9.17, 15) is 0 Å². The van der Waals surface area contributed by atoms with Crippen LogP contribution < -0.4 is 10.6 Å². The quantitative estimate of drug-likeness (QED) is 0.713. The van der Waals surface area contributed by atoms with Crippen LogP contribution in [0.25, 0.3) is 0 Å². The van der Waals surface area contributed by atoms with Gasteiger partial charge in [0.15, 0.2) is 0 Å². The Kier molecular flexibility index (Phi) is 3.65. The molecule has 0 bridgehead atoms. The summed E-state index contributed by atoms with van der Waals surface area (Å²) < 4.78 is 5.22. The van der Waals surface area contributed by atoms with Gasteiger partial charge in [0.05, 0.1) is 6.10 Å². The lowest BCUT2D eigenvalue weighted by Gasteiger charge is -2.23. The van der Waals surface area contributed by atoms with Crippen molar-refractivity contribution in [2.45, 2.75) is 32.3 Å². The second-order valence-corrected chi connectivity index (χ2v) is 5.22. The molecule has 0 radical (unpaired) electrons. The average molecular weight is 212 g/mol. The highest BCUT2D eigenvalue weighted by Gasteiger charge is 2.52. The van der Waals surface area contributed by atoms with Gasteiger partial charge in [0, 0.05) is 13.7 Å². The van der Waals surface area contributed by atoms with Gasteiger partial charge < -0.3 is 15.4 Å². The predicted molar refractivity (Wildman–Crippen MR) is 62.0 cm³/mol. The summed E-state index contributed by atoms with van der Waals surface area (Å²) in [5.41, 5.74) is 0.717. The van der Waals surface area contributed by atoms with Crippen LogP contribution in [-0.2, 0) is 4.74 Å². The van der Waals surface area contributed by atoms with E-state index < -0.39 is 0 Å². The van der Waals surface area contributed by atoms with Crippen LogP contribution in [0.5, 0.6) is 0 Å². The molecule has 3 heteroatoms. The van der Waals surface area contributed by atoms with Crippen LogP contribution in [-0.4, -0.2) is 39.4 Å². The summed E-state index contributed by atoms with van der Waals surface area (Å²) in [5, 5.41) is 6.97. The second-order valence-electron chi connectivity index (χ2n) is 5.22. The van der Waals surface area contributed by atoms with Gasteiger partial charge in [0.1, 0.15) is 0 Å². The molecule has 0 aromatic rings. The molecule has 0 aromatic carbocycles. The molecular formula is C12H24N2O. The first-order valence-corrected chi connectivity index (χ1v) is 6.21. The van der Waals surface area contributed by atoms with E-state index in [1.807, 2.05) is 0 Å². The Balaban J connectivity index is 1.62. The Morgan fingerprint density at radius 3 is 2.87 bits per heavy atom. The van der Waals surface area contributed by atoms with Gasteiger partial charge in [-0.3, -0.25) is 0 Å². The molecule has 3 nitrogen and oxygen atoms in total. The normalized spacial score (nSPS) is 30.4. The summed E-state index contributed by atoms with van der Waals surface area (Å²) in [7, 11) is 1.78. The van der Waals surface area contributed by atoms with E-state index in [0.29, 0.717) is 11.5 Å². The fraction of sp³-hybridized carbons (Fsp3) is 1.00.